The van der Waals surface area contributed by atoms with Gasteiger partial charge in [0, 0.05) is 11.0 Å². The predicted octanol–water partition coefficient (Wildman–Crippen LogP) is 5.14. The van der Waals surface area contributed by atoms with Gasteiger partial charge in [0.15, 0.2) is 0 Å². The van der Waals surface area contributed by atoms with Crippen LogP contribution in [-0.4, -0.2) is 23.1 Å². The molecule has 2 bridgehead atoms. The maximum atomic E-state index is 12.4. The normalized spacial score (nSPS) is 47.0. The number of ether oxygens (including phenoxy) is 1. The number of esters is 1. The number of aliphatic carboxylic acids is 1. The van der Waals surface area contributed by atoms with Crippen molar-refractivity contribution in [1.82, 2.24) is 0 Å². The fourth-order valence-corrected chi connectivity index (χ4v) is 7.91. The lowest BCUT2D eigenvalue weighted by Crippen LogP contribution is -2.64. The van der Waals surface area contributed by atoms with Gasteiger partial charge in [-0.2, -0.15) is 0 Å². The zero-order chi connectivity index (χ0) is 20.5. The van der Waals surface area contributed by atoms with Gasteiger partial charge in [-0.3, -0.25) is 4.79 Å². The lowest BCUT2D eigenvalue weighted by Gasteiger charge is -2.65. The molecule has 0 heterocycles. The molecule has 0 aromatic heterocycles. The fourth-order valence-electron chi connectivity index (χ4n) is 7.91. The molecule has 4 heteroatoms. The standard InChI is InChI=1S/C24H34O4/c1-14(2)20(25)28-19-9-10-22(4,21(26)27)17-8-11-24-12-15(3)16(13-24)6-7-18(24)23(17,19)5/h16-19H,1,3,6-13H2,2,4-5H3,(H,26,27)/t16-,17-,18+,19-,22-,23-,24-/m1/s1. The molecule has 154 valence electrons. The molecule has 7 atom stereocenters. The summed E-state index contributed by atoms with van der Waals surface area (Å²) >= 11 is 0. The molecule has 0 aromatic carbocycles. The number of carboxylic acid groups (broad SMARTS) is 1. The number of hydrogen-bond donors (Lipinski definition) is 1. The molecule has 0 unspecified atom stereocenters. The van der Waals surface area contributed by atoms with Crippen molar-refractivity contribution in [3.05, 3.63) is 24.3 Å². The summed E-state index contributed by atoms with van der Waals surface area (Å²) in [6.45, 7) is 14.0. The van der Waals surface area contributed by atoms with E-state index in [0.29, 0.717) is 30.3 Å². The number of carbonyl (C=O) groups is 2. The summed E-state index contributed by atoms with van der Waals surface area (Å²) < 4.78 is 6.02. The molecule has 4 nitrogen and oxygen atoms in total. The van der Waals surface area contributed by atoms with Crippen LogP contribution >= 0.6 is 0 Å². The van der Waals surface area contributed by atoms with Gasteiger partial charge in [0.25, 0.3) is 0 Å². The summed E-state index contributed by atoms with van der Waals surface area (Å²) in [5.41, 5.74) is 0.946. The van der Waals surface area contributed by atoms with Crippen LogP contribution in [0.2, 0.25) is 0 Å². The quantitative estimate of drug-likeness (QED) is 0.414. The van der Waals surface area contributed by atoms with Gasteiger partial charge >= 0.3 is 11.9 Å². The zero-order valence-corrected chi connectivity index (χ0v) is 17.6. The van der Waals surface area contributed by atoms with Gasteiger partial charge in [0.2, 0.25) is 0 Å². The molecule has 1 N–H and O–H groups in total. The van der Waals surface area contributed by atoms with E-state index in [-0.39, 0.29) is 28.8 Å². The number of rotatable bonds is 3. The molecule has 4 aliphatic rings. The Hall–Kier alpha value is -1.58. The minimum Gasteiger partial charge on any atom is -0.481 e. The van der Waals surface area contributed by atoms with E-state index in [1.165, 1.54) is 12.0 Å². The first kappa shape index (κ1) is 19.7. The second-order valence-corrected chi connectivity index (χ2v) is 10.6. The fraction of sp³-hybridized carbons (Fsp3) is 0.750. The van der Waals surface area contributed by atoms with Crippen molar-refractivity contribution in [2.24, 2.45) is 34.0 Å². The third-order valence-corrected chi connectivity index (χ3v) is 9.26. The van der Waals surface area contributed by atoms with Gasteiger partial charge in [-0.25, -0.2) is 4.79 Å². The largest absolute Gasteiger partial charge is 0.481 e. The van der Waals surface area contributed by atoms with Crippen LogP contribution in [0.15, 0.2) is 24.3 Å². The zero-order valence-electron chi connectivity index (χ0n) is 17.6. The Labute approximate surface area is 168 Å². The Kier molecular flexibility index (Phi) is 4.37. The summed E-state index contributed by atoms with van der Waals surface area (Å²) in [5.74, 6) is -0.00413. The van der Waals surface area contributed by atoms with Crippen LogP contribution in [0.1, 0.15) is 72.1 Å². The molecule has 0 amide bonds. The Morgan fingerprint density at radius 3 is 2.46 bits per heavy atom. The van der Waals surface area contributed by atoms with Crippen LogP contribution < -0.4 is 0 Å². The van der Waals surface area contributed by atoms with Crippen LogP contribution in [0.3, 0.4) is 0 Å². The first-order valence-corrected chi connectivity index (χ1v) is 10.8. The second kappa shape index (κ2) is 6.21. The highest BCUT2D eigenvalue weighted by atomic mass is 16.5. The van der Waals surface area contributed by atoms with E-state index in [1.807, 2.05) is 6.92 Å². The van der Waals surface area contributed by atoms with Crippen LogP contribution in [0, 0.1) is 34.0 Å². The van der Waals surface area contributed by atoms with Crippen LogP contribution in [0.25, 0.3) is 0 Å². The number of carbonyl (C=O) groups excluding carboxylic acids is 1. The van der Waals surface area contributed by atoms with Crippen LogP contribution in [0.5, 0.6) is 0 Å². The van der Waals surface area contributed by atoms with Gasteiger partial charge < -0.3 is 9.84 Å². The van der Waals surface area contributed by atoms with E-state index >= 15 is 0 Å². The van der Waals surface area contributed by atoms with Gasteiger partial charge in [-0.1, -0.05) is 25.7 Å². The lowest BCUT2D eigenvalue weighted by atomic mass is 9.40. The van der Waals surface area contributed by atoms with Crippen molar-refractivity contribution in [3.8, 4) is 0 Å². The van der Waals surface area contributed by atoms with E-state index < -0.39 is 11.4 Å². The van der Waals surface area contributed by atoms with Crippen LogP contribution in [-0.2, 0) is 14.3 Å². The van der Waals surface area contributed by atoms with E-state index in [4.69, 9.17) is 4.74 Å². The summed E-state index contributed by atoms with van der Waals surface area (Å²) in [4.78, 5) is 24.8. The Balaban J connectivity index is 1.78. The van der Waals surface area contributed by atoms with Crippen molar-refractivity contribution in [2.75, 3.05) is 0 Å². The first-order chi connectivity index (χ1) is 13.0. The minimum atomic E-state index is -0.755. The molecule has 0 aliphatic heterocycles. The lowest BCUT2D eigenvalue weighted by molar-refractivity contribution is -0.220. The average molecular weight is 387 g/mol. The van der Waals surface area contributed by atoms with Crippen LogP contribution in [0.4, 0.5) is 0 Å². The van der Waals surface area contributed by atoms with Crippen molar-refractivity contribution in [3.63, 3.8) is 0 Å². The van der Waals surface area contributed by atoms with Crippen molar-refractivity contribution >= 4 is 11.9 Å². The predicted molar refractivity (Wildman–Crippen MR) is 108 cm³/mol. The molecule has 4 saturated carbocycles. The van der Waals surface area contributed by atoms with E-state index in [9.17, 15) is 14.7 Å². The molecule has 28 heavy (non-hydrogen) atoms. The van der Waals surface area contributed by atoms with Gasteiger partial charge in [0.05, 0.1) is 5.41 Å². The van der Waals surface area contributed by atoms with E-state index in [2.05, 4.69) is 20.1 Å². The average Bonchev–Trinajstić information content (AvgIpc) is 2.85. The minimum absolute atomic E-state index is 0.0233. The second-order valence-electron chi connectivity index (χ2n) is 10.6. The Morgan fingerprint density at radius 1 is 1.11 bits per heavy atom. The molecular weight excluding hydrogens is 352 g/mol. The monoisotopic (exact) mass is 386 g/mol. The number of hydrogen-bond acceptors (Lipinski definition) is 3. The highest BCUT2D eigenvalue weighted by molar-refractivity contribution is 5.87. The summed E-state index contributed by atoms with van der Waals surface area (Å²) in [5, 5.41) is 10.1. The Bertz CT molecular complexity index is 754. The highest BCUT2D eigenvalue weighted by Gasteiger charge is 2.68. The maximum Gasteiger partial charge on any atom is 0.333 e. The molecule has 0 radical (unpaired) electrons. The van der Waals surface area contributed by atoms with Crippen molar-refractivity contribution in [2.45, 2.75) is 78.2 Å². The number of fused-ring (bicyclic) bond motifs is 3. The van der Waals surface area contributed by atoms with Gasteiger partial charge in [-0.05, 0) is 88.4 Å². The molecule has 1 spiro atoms. The smallest absolute Gasteiger partial charge is 0.333 e. The Morgan fingerprint density at radius 2 is 1.82 bits per heavy atom. The van der Waals surface area contributed by atoms with Gasteiger partial charge in [0.1, 0.15) is 6.10 Å². The number of allylic oxidation sites excluding steroid dienone is 1. The number of carboxylic acids is 1. The molecular formula is C24H34O4. The topological polar surface area (TPSA) is 63.6 Å². The molecule has 4 aliphatic carbocycles. The maximum absolute atomic E-state index is 12.4. The van der Waals surface area contributed by atoms with Crippen molar-refractivity contribution in [1.29, 1.82) is 0 Å². The summed E-state index contributed by atoms with van der Waals surface area (Å²) in [6, 6.07) is 0. The van der Waals surface area contributed by atoms with Gasteiger partial charge in [-0.15, -0.1) is 0 Å². The molecule has 4 rings (SSSR count). The van der Waals surface area contributed by atoms with E-state index in [0.717, 1.165) is 32.1 Å². The molecule has 4 fully saturated rings. The summed E-state index contributed by atoms with van der Waals surface area (Å²) in [6.07, 6.45) is 7.40. The molecule has 0 aromatic rings. The highest BCUT2D eigenvalue weighted by Crippen LogP contribution is 2.72. The third kappa shape index (κ3) is 2.48. The van der Waals surface area contributed by atoms with Crippen molar-refractivity contribution < 1.29 is 19.4 Å². The summed E-state index contributed by atoms with van der Waals surface area (Å²) in [7, 11) is 0. The first-order valence-electron chi connectivity index (χ1n) is 10.8. The third-order valence-electron chi connectivity index (χ3n) is 9.26. The molecule has 0 saturated heterocycles. The SMILES string of the molecule is C=C(C)C(=O)O[C@@H]1CC[C@@](C)(C(=O)O)[C@H]2CC[C@]34CC(=C)[C@H](CC[C@H]3[C@]12C)C4. The van der Waals surface area contributed by atoms with E-state index in [1.54, 1.807) is 6.92 Å².